The van der Waals surface area contributed by atoms with Crippen molar-refractivity contribution in [2.24, 2.45) is 5.73 Å². The minimum absolute atomic E-state index is 0.506. The van der Waals surface area contributed by atoms with Crippen molar-refractivity contribution in [3.63, 3.8) is 0 Å². The third-order valence-corrected chi connectivity index (χ3v) is 2.52. The molecule has 74 valence electrons. The molecule has 3 N–H and O–H groups in total. The fourth-order valence-corrected chi connectivity index (χ4v) is 1.86. The van der Waals surface area contributed by atoms with Gasteiger partial charge in [0.2, 0.25) is 0 Å². The van der Waals surface area contributed by atoms with Crippen LogP contribution in [0.5, 0.6) is 0 Å². The summed E-state index contributed by atoms with van der Waals surface area (Å²) in [6, 6.07) is 0. The van der Waals surface area contributed by atoms with E-state index in [1.54, 1.807) is 0 Å². The van der Waals surface area contributed by atoms with E-state index in [2.05, 4.69) is 16.3 Å². The van der Waals surface area contributed by atoms with Gasteiger partial charge in [0.05, 0.1) is 11.4 Å². The summed E-state index contributed by atoms with van der Waals surface area (Å²) in [6.07, 6.45) is 6.25. The average molecular weight is 190 g/mol. The second kappa shape index (κ2) is 3.82. The molecule has 0 bridgehead atoms. The molecule has 14 heavy (non-hydrogen) atoms. The van der Waals surface area contributed by atoms with Crippen LogP contribution in [-0.2, 0) is 26.1 Å². The number of hydrogen-bond acceptors (Lipinski definition) is 3. The molecule has 4 nitrogen and oxygen atoms in total. The standard InChI is InChI=1S/C10H14N4/c1-2-5-14-10(6-11)8-7-12-4-3-9(8)13-14/h1,12H,3-7,11H2. The van der Waals surface area contributed by atoms with Gasteiger partial charge >= 0.3 is 0 Å². The van der Waals surface area contributed by atoms with Gasteiger partial charge in [-0.2, -0.15) is 5.10 Å². The molecule has 0 aliphatic carbocycles. The van der Waals surface area contributed by atoms with E-state index in [-0.39, 0.29) is 0 Å². The molecule has 0 aromatic carbocycles. The maximum Gasteiger partial charge on any atom is 0.102 e. The summed E-state index contributed by atoms with van der Waals surface area (Å²) in [7, 11) is 0. The van der Waals surface area contributed by atoms with Crippen molar-refractivity contribution in [1.82, 2.24) is 15.1 Å². The van der Waals surface area contributed by atoms with Crippen LogP contribution in [0.4, 0.5) is 0 Å². The van der Waals surface area contributed by atoms with Crippen LogP contribution in [0.3, 0.4) is 0 Å². The normalized spacial score (nSPS) is 14.9. The lowest BCUT2D eigenvalue weighted by molar-refractivity contribution is 0.629. The Kier molecular flexibility index (Phi) is 2.53. The molecular weight excluding hydrogens is 176 g/mol. The Balaban J connectivity index is 2.42. The Bertz CT molecular complexity index is 372. The molecule has 0 spiro atoms. The minimum atomic E-state index is 0.506. The zero-order valence-corrected chi connectivity index (χ0v) is 8.08. The molecule has 0 radical (unpaired) electrons. The van der Waals surface area contributed by atoms with Crippen molar-refractivity contribution in [2.45, 2.75) is 26.1 Å². The van der Waals surface area contributed by atoms with Gasteiger partial charge in [-0.15, -0.1) is 6.42 Å². The van der Waals surface area contributed by atoms with Crippen LogP contribution in [-0.4, -0.2) is 16.3 Å². The Hall–Kier alpha value is -1.31. The molecule has 2 rings (SSSR count). The molecule has 1 aliphatic rings. The van der Waals surface area contributed by atoms with Gasteiger partial charge in [0.15, 0.2) is 0 Å². The third-order valence-electron chi connectivity index (χ3n) is 2.52. The predicted molar refractivity (Wildman–Crippen MR) is 54.4 cm³/mol. The van der Waals surface area contributed by atoms with Crippen LogP contribution >= 0.6 is 0 Å². The first-order chi connectivity index (χ1) is 6.86. The second-order valence-corrected chi connectivity index (χ2v) is 3.36. The van der Waals surface area contributed by atoms with Crippen molar-refractivity contribution in [2.75, 3.05) is 6.54 Å². The van der Waals surface area contributed by atoms with E-state index in [0.29, 0.717) is 13.1 Å². The van der Waals surface area contributed by atoms with Gasteiger partial charge in [-0.1, -0.05) is 5.92 Å². The van der Waals surface area contributed by atoms with Gasteiger partial charge in [0.25, 0.3) is 0 Å². The van der Waals surface area contributed by atoms with Crippen LogP contribution < -0.4 is 11.1 Å². The number of fused-ring (bicyclic) bond motifs is 1. The first kappa shape index (κ1) is 9.25. The van der Waals surface area contributed by atoms with E-state index in [4.69, 9.17) is 12.2 Å². The number of nitrogens with two attached hydrogens (primary N) is 1. The van der Waals surface area contributed by atoms with Gasteiger partial charge in [0.1, 0.15) is 6.54 Å². The Morgan fingerprint density at radius 2 is 2.50 bits per heavy atom. The second-order valence-electron chi connectivity index (χ2n) is 3.36. The molecule has 1 aliphatic heterocycles. The molecule has 4 heteroatoms. The predicted octanol–water partition coefficient (Wildman–Crippen LogP) is -0.379. The molecule has 0 fully saturated rings. The van der Waals surface area contributed by atoms with Crippen LogP contribution in [0.1, 0.15) is 17.0 Å². The summed E-state index contributed by atoms with van der Waals surface area (Å²) in [5, 5.41) is 7.78. The van der Waals surface area contributed by atoms with Crippen molar-refractivity contribution in [3.05, 3.63) is 17.0 Å². The largest absolute Gasteiger partial charge is 0.325 e. The van der Waals surface area contributed by atoms with Crippen LogP contribution in [0.2, 0.25) is 0 Å². The molecule has 1 aromatic rings. The van der Waals surface area contributed by atoms with E-state index in [1.165, 1.54) is 5.56 Å². The van der Waals surface area contributed by atoms with Crippen LogP contribution in [0, 0.1) is 12.3 Å². The molecule has 0 atom stereocenters. The number of nitrogens with zero attached hydrogens (tertiary/aromatic N) is 2. The molecule has 0 saturated heterocycles. The highest BCUT2D eigenvalue weighted by atomic mass is 15.3. The molecule has 1 aromatic heterocycles. The highest BCUT2D eigenvalue weighted by molar-refractivity contribution is 5.28. The third kappa shape index (κ3) is 1.41. The lowest BCUT2D eigenvalue weighted by atomic mass is 10.1. The Labute approximate surface area is 83.5 Å². The monoisotopic (exact) mass is 190 g/mol. The summed E-state index contributed by atoms with van der Waals surface area (Å²) >= 11 is 0. The maximum atomic E-state index is 5.69. The van der Waals surface area contributed by atoms with Crippen molar-refractivity contribution in [1.29, 1.82) is 0 Å². The zero-order chi connectivity index (χ0) is 9.97. The molecule has 2 heterocycles. The lowest BCUT2D eigenvalue weighted by Crippen LogP contribution is -2.24. The number of aromatic nitrogens is 2. The van der Waals surface area contributed by atoms with Crippen LogP contribution in [0.25, 0.3) is 0 Å². The number of terminal acetylenes is 1. The summed E-state index contributed by atoms with van der Waals surface area (Å²) in [5.41, 5.74) is 9.16. The summed E-state index contributed by atoms with van der Waals surface area (Å²) in [6.45, 7) is 2.88. The summed E-state index contributed by atoms with van der Waals surface area (Å²) in [5.74, 6) is 2.59. The smallest absolute Gasteiger partial charge is 0.102 e. The highest BCUT2D eigenvalue weighted by Crippen LogP contribution is 2.17. The molecular formula is C10H14N4. The first-order valence-electron chi connectivity index (χ1n) is 4.78. The lowest BCUT2D eigenvalue weighted by Gasteiger charge is -2.12. The molecule has 0 unspecified atom stereocenters. The van der Waals surface area contributed by atoms with E-state index in [1.807, 2.05) is 4.68 Å². The number of hydrogen-bond donors (Lipinski definition) is 2. The topological polar surface area (TPSA) is 55.9 Å². The summed E-state index contributed by atoms with van der Waals surface area (Å²) < 4.78 is 1.84. The van der Waals surface area contributed by atoms with E-state index >= 15 is 0 Å². The number of nitrogens with one attached hydrogen (secondary N) is 1. The van der Waals surface area contributed by atoms with E-state index < -0.39 is 0 Å². The SMILES string of the molecule is C#CCn1nc2c(c1CN)CNCC2. The minimum Gasteiger partial charge on any atom is -0.325 e. The fourth-order valence-electron chi connectivity index (χ4n) is 1.86. The van der Waals surface area contributed by atoms with Gasteiger partial charge in [-0.05, 0) is 0 Å². The number of rotatable bonds is 2. The van der Waals surface area contributed by atoms with Gasteiger partial charge < -0.3 is 11.1 Å². The maximum absolute atomic E-state index is 5.69. The zero-order valence-electron chi connectivity index (χ0n) is 8.08. The Morgan fingerprint density at radius 3 is 3.21 bits per heavy atom. The quantitative estimate of drug-likeness (QED) is 0.625. The first-order valence-corrected chi connectivity index (χ1v) is 4.78. The van der Waals surface area contributed by atoms with E-state index in [0.717, 1.165) is 30.9 Å². The van der Waals surface area contributed by atoms with Crippen LogP contribution in [0.15, 0.2) is 0 Å². The van der Waals surface area contributed by atoms with Crippen molar-refractivity contribution < 1.29 is 0 Å². The van der Waals surface area contributed by atoms with Crippen molar-refractivity contribution in [3.8, 4) is 12.3 Å². The van der Waals surface area contributed by atoms with Gasteiger partial charge in [-0.3, -0.25) is 4.68 Å². The van der Waals surface area contributed by atoms with E-state index in [9.17, 15) is 0 Å². The highest BCUT2D eigenvalue weighted by Gasteiger charge is 2.18. The average Bonchev–Trinajstić information content (AvgIpc) is 2.55. The Morgan fingerprint density at radius 1 is 1.64 bits per heavy atom. The summed E-state index contributed by atoms with van der Waals surface area (Å²) in [4.78, 5) is 0. The van der Waals surface area contributed by atoms with Gasteiger partial charge in [0, 0.05) is 31.6 Å². The van der Waals surface area contributed by atoms with Crippen molar-refractivity contribution >= 4 is 0 Å². The molecule has 0 saturated carbocycles. The van der Waals surface area contributed by atoms with Gasteiger partial charge in [-0.25, -0.2) is 0 Å². The molecule has 0 amide bonds. The fraction of sp³-hybridized carbons (Fsp3) is 0.500.